The molecule has 88 valence electrons. The molecule has 0 radical (unpaired) electrons. The van der Waals surface area contributed by atoms with Crippen molar-refractivity contribution >= 4 is 5.91 Å². The Bertz CT molecular complexity index is 359. The van der Waals surface area contributed by atoms with Gasteiger partial charge in [0.1, 0.15) is 0 Å². The minimum atomic E-state index is -4.36. The van der Waals surface area contributed by atoms with E-state index in [0.29, 0.717) is 18.5 Å². The molecule has 1 rings (SSSR count). The average Bonchev–Trinajstić information content (AvgIpc) is 2.16. The zero-order chi connectivity index (χ0) is 12.2. The minimum absolute atomic E-state index is 0.211. The predicted molar refractivity (Wildman–Crippen MR) is 51.4 cm³/mol. The molecule has 3 nitrogen and oxygen atoms in total. The lowest BCUT2D eigenvalue weighted by atomic mass is 10.1. The lowest BCUT2D eigenvalue weighted by Crippen LogP contribution is -2.10. The van der Waals surface area contributed by atoms with Gasteiger partial charge < -0.3 is 5.73 Å². The van der Waals surface area contributed by atoms with Crippen LogP contribution in [-0.4, -0.2) is 10.9 Å². The maximum atomic E-state index is 12.2. The highest BCUT2D eigenvalue weighted by atomic mass is 19.4. The van der Waals surface area contributed by atoms with E-state index in [9.17, 15) is 18.0 Å². The highest BCUT2D eigenvalue weighted by Crippen LogP contribution is 2.28. The van der Waals surface area contributed by atoms with E-state index in [1.807, 2.05) is 0 Å². The number of aryl methyl sites for hydroxylation is 1. The molecule has 2 N–H and O–H groups in total. The van der Waals surface area contributed by atoms with Crippen molar-refractivity contribution in [2.24, 2.45) is 5.73 Å². The third kappa shape index (κ3) is 3.88. The van der Waals surface area contributed by atoms with Gasteiger partial charge in [0.05, 0.1) is 5.56 Å². The van der Waals surface area contributed by atoms with Crippen molar-refractivity contribution in [3.63, 3.8) is 0 Å². The van der Waals surface area contributed by atoms with Crippen molar-refractivity contribution in [2.45, 2.75) is 25.4 Å². The largest absolute Gasteiger partial charge is 0.417 e. The van der Waals surface area contributed by atoms with Gasteiger partial charge in [0.25, 0.3) is 0 Å². The smallest absolute Gasteiger partial charge is 0.370 e. The molecule has 1 aromatic rings. The maximum absolute atomic E-state index is 12.2. The Kier molecular flexibility index (Phi) is 3.87. The Labute approximate surface area is 90.5 Å². The van der Waals surface area contributed by atoms with Gasteiger partial charge in [-0.2, -0.15) is 13.2 Å². The van der Waals surface area contributed by atoms with Crippen molar-refractivity contribution in [2.75, 3.05) is 0 Å². The number of pyridine rings is 1. The monoisotopic (exact) mass is 232 g/mol. The van der Waals surface area contributed by atoms with E-state index < -0.39 is 17.6 Å². The third-order valence-electron chi connectivity index (χ3n) is 2.01. The molecule has 0 saturated carbocycles. The van der Waals surface area contributed by atoms with Gasteiger partial charge >= 0.3 is 6.18 Å². The number of alkyl halides is 3. The van der Waals surface area contributed by atoms with Gasteiger partial charge in [-0.25, -0.2) is 0 Å². The molecule has 0 bridgehead atoms. The molecule has 6 heteroatoms. The van der Waals surface area contributed by atoms with Gasteiger partial charge in [-0.05, 0) is 25.0 Å². The second kappa shape index (κ2) is 4.96. The van der Waals surface area contributed by atoms with Crippen molar-refractivity contribution in [3.8, 4) is 0 Å². The van der Waals surface area contributed by atoms with Gasteiger partial charge in [0.2, 0.25) is 5.91 Å². The van der Waals surface area contributed by atoms with Gasteiger partial charge in [-0.1, -0.05) is 0 Å². The first-order chi connectivity index (χ1) is 7.39. The Morgan fingerprint density at radius 2 is 2.06 bits per heavy atom. The molecule has 0 aliphatic heterocycles. The van der Waals surface area contributed by atoms with Crippen molar-refractivity contribution < 1.29 is 18.0 Å². The van der Waals surface area contributed by atoms with Gasteiger partial charge in [-0.15, -0.1) is 0 Å². The zero-order valence-electron chi connectivity index (χ0n) is 8.42. The molecular weight excluding hydrogens is 221 g/mol. The highest BCUT2D eigenvalue weighted by molar-refractivity contribution is 5.73. The first kappa shape index (κ1) is 12.5. The number of hydrogen-bond acceptors (Lipinski definition) is 2. The molecule has 1 heterocycles. The van der Waals surface area contributed by atoms with Crippen LogP contribution in [0.1, 0.15) is 24.1 Å². The summed E-state index contributed by atoms with van der Waals surface area (Å²) < 4.78 is 36.5. The molecule has 0 saturated heterocycles. The SMILES string of the molecule is NC(=O)CCCc1ccc(C(F)(F)F)cn1. The molecule has 0 atom stereocenters. The van der Waals surface area contributed by atoms with Gasteiger partial charge in [-0.3, -0.25) is 9.78 Å². The number of primary amides is 1. The van der Waals surface area contributed by atoms with Crippen LogP contribution < -0.4 is 5.73 Å². The number of amides is 1. The molecule has 0 unspecified atom stereocenters. The van der Waals surface area contributed by atoms with Crippen molar-refractivity contribution in [1.29, 1.82) is 0 Å². The summed E-state index contributed by atoms with van der Waals surface area (Å²) in [4.78, 5) is 14.1. The van der Waals surface area contributed by atoms with Crippen LogP contribution in [0.2, 0.25) is 0 Å². The van der Waals surface area contributed by atoms with Crippen molar-refractivity contribution in [3.05, 3.63) is 29.6 Å². The molecule has 0 aliphatic rings. The van der Waals surface area contributed by atoms with Gasteiger partial charge in [0.15, 0.2) is 0 Å². The summed E-state index contributed by atoms with van der Waals surface area (Å²) in [7, 11) is 0. The average molecular weight is 232 g/mol. The molecule has 1 amide bonds. The summed E-state index contributed by atoms with van der Waals surface area (Å²) in [5, 5.41) is 0. The number of aromatic nitrogens is 1. The maximum Gasteiger partial charge on any atom is 0.417 e. The van der Waals surface area contributed by atoms with E-state index in [4.69, 9.17) is 5.73 Å². The Balaban J connectivity index is 2.55. The second-order valence-corrected chi connectivity index (χ2v) is 3.36. The number of carbonyl (C=O) groups is 1. The van der Waals surface area contributed by atoms with Crippen LogP contribution >= 0.6 is 0 Å². The van der Waals surface area contributed by atoms with E-state index in [1.54, 1.807) is 0 Å². The summed E-state index contributed by atoms with van der Waals surface area (Å²) in [6.07, 6.45) is -2.42. The van der Waals surface area contributed by atoms with Crippen LogP contribution in [-0.2, 0) is 17.4 Å². The summed E-state index contributed by atoms with van der Waals surface area (Å²) in [6.45, 7) is 0. The van der Waals surface area contributed by atoms with Crippen LogP contribution in [0.5, 0.6) is 0 Å². The quantitative estimate of drug-likeness (QED) is 0.862. The van der Waals surface area contributed by atoms with Crippen LogP contribution in [0.4, 0.5) is 13.2 Å². The molecule has 0 fully saturated rings. The number of carbonyl (C=O) groups excluding carboxylic acids is 1. The van der Waals surface area contributed by atoms with E-state index >= 15 is 0 Å². The normalized spacial score (nSPS) is 11.4. The van der Waals surface area contributed by atoms with Crippen LogP contribution in [0.25, 0.3) is 0 Å². The molecule has 0 aliphatic carbocycles. The first-order valence-corrected chi connectivity index (χ1v) is 4.70. The fraction of sp³-hybridized carbons (Fsp3) is 0.400. The van der Waals surface area contributed by atoms with E-state index in [-0.39, 0.29) is 6.42 Å². The standard InChI is InChI=1S/C10H11F3N2O/c11-10(12,13)7-4-5-8(15-6-7)2-1-3-9(14)16/h4-6H,1-3H2,(H2,14,16). The van der Waals surface area contributed by atoms with Crippen LogP contribution in [0, 0.1) is 0 Å². The van der Waals surface area contributed by atoms with E-state index in [0.717, 1.165) is 12.3 Å². The third-order valence-corrected chi connectivity index (χ3v) is 2.01. The molecule has 0 aromatic carbocycles. The van der Waals surface area contributed by atoms with Gasteiger partial charge in [0, 0.05) is 18.3 Å². The zero-order valence-corrected chi connectivity index (χ0v) is 8.42. The van der Waals surface area contributed by atoms with Crippen molar-refractivity contribution in [1.82, 2.24) is 4.98 Å². The first-order valence-electron chi connectivity index (χ1n) is 4.70. The molecular formula is C10H11F3N2O. The van der Waals surface area contributed by atoms with Crippen LogP contribution in [0.15, 0.2) is 18.3 Å². The fourth-order valence-corrected chi connectivity index (χ4v) is 1.18. The summed E-state index contributed by atoms with van der Waals surface area (Å²) in [5.41, 5.74) is 4.68. The predicted octanol–water partition coefficient (Wildman–Crippen LogP) is 1.91. The number of hydrogen-bond donors (Lipinski definition) is 1. The summed E-state index contributed by atoms with van der Waals surface area (Å²) >= 11 is 0. The van der Waals surface area contributed by atoms with E-state index in [2.05, 4.69) is 4.98 Å². The molecule has 1 aromatic heterocycles. The number of nitrogens with two attached hydrogens (primary N) is 1. The molecule has 16 heavy (non-hydrogen) atoms. The molecule has 0 spiro atoms. The highest BCUT2D eigenvalue weighted by Gasteiger charge is 2.30. The lowest BCUT2D eigenvalue weighted by Gasteiger charge is -2.06. The number of halogens is 3. The summed E-state index contributed by atoms with van der Waals surface area (Å²) in [6, 6.07) is 2.29. The summed E-state index contributed by atoms with van der Waals surface area (Å²) in [5.74, 6) is -0.424. The Hall–Kier alpha value is -1.59. The topological polar surface area (TPSA) is 56.0 Å². The van der Waals surface area contributed by atoms with E-state index in [1.165, 1.54) is 6.07 Å². The van der Waals surface area contributed by atoms with Crippen LogP contribution in [0.3, 0.4) is 0 Å². The number of rotatable bonds is 4. The number of nitrogens with zero attached hydrogens (tertiary/aromatic N) is 1. The minimum Gasteiger partial charge on any atom is -0.370 e. The lowest BCUT2D eigenvalue weighted by molar-refractivity contribution is -0.137. The Morgan fingerprint density at radius 1 is 1.38 bits per heavy atom. The fourth-order valence-electron chi connectivity index (χ4n) is 1.18. The Morgan fingerprint density at radius 3 is 2.50 bits per heavy atom. The second-order valence-electron chi connectivity index (χ2n) is 3.36.